The quantitative estimate of drug-likeness (QED) is 0.556. The average molecular weight is 214 g/mol. The zero-order chi connectivity index (χ0) is 11.5. The van der Waals surface area contributed by atoms with Gasteiger partial charge in [-0.1, -0.05) is 20.8 Å². The SMILES string of the molecule is CC1OCCC1C(CCC(C)(C)C)NN. The first kappa shape index (κ1) is 12.9. The molecule has 1 saturated heterocycles. The second-order valence-corrected chi connectivity index (χ2v) is 5.90. The number of hydrogen-bond acceptors (Lipinski definition) is 3. The van der Waals surface area contributed by atoms with Gasteiger partial charge in [-0.25, -0.2) is 0 Å². The molecule has 1 fully saturated rings. The van der Waals surface area contributed by atoms with Gasteiger partial charge in [-0.05, 0) is 31.6 Å². The molecule has 90 valence electrons. The third-order valence-electron chi connectivity index (χ3n) is 3.37. The van der Waals surface area contributed by atoms with Gasteiger partial charge in [0.05, 0.1) is 6.10 Å². The summed E-state index contributed by atoms with van der Waals surface area (Å²) >= 11 is 0. The monoisotopic (exact) mass is 214 g/mol. The second-order valence-electron chi connectivity index (χ2n) is 5.90. The van der Waals surface area contributed by atoms with Gasteiger partial charge in [0.15, 0.2) is 0 Å². The molecular weight excluding hydrogens is 188 g/mol. The van der Waals surface area contributed by atoms with Crippen LogP contribution in [0.5, 0.6) is 0 Å². The fraction of sp³-hybridized carbons (Fsp3) is 1.00. The molecule has 0 spiro atoms. The molecular formula is C12H26N2O. The lowest BCUT2D eigenvalue weighted by Crippen LogP contribution is -2.43. The normalized spacial score (nSPS) is 29.4. The van der Waals surface area contributed by atoms with Gasteiger partial charge in [0.25, 0.3) is 0 Å². The first-order valence-electron chi connectivity index (χ1n) is 6.02. The number of rotatable bonds is 4. The molecule has 0 saturated carbocycles. The van der Waals surface area contributed by atoms with Gasteiger partial charge < -0.3 is 4.74 Å². The largest absolute Gasteiger partial charge is 0.378 e. The summed E-state index contributed by atoms with van der Waals surface area (Å²) in [6.07, 6.45) is 3.83. The maximum Gasteiger partial charge on any atom is 0.0591 e. The Hall–Kier alpha value is -0.120. The lowest BCUT2D eigenvalue weighted by atomic mass is 9.84. The summed E-state index contributed by atoms with van der Waals surface area (Å²) in [4.78, 5) is 0. The third kappa shape index (κ3) is 4.09. The van der Waals surface area contributed by atoms with Crippen LogP contribution >= 0.6 is 0 Å². The van der Waals surface area contributed by atoms with E-state index in [1.807, 2.05) is 0 Å². The average Bonchev–Trinajstić information content (AvgIpc) is 2.52. The van der Waals surface area contributed by atoms with Gasteiger partial charge in [-0.2, -0.15) is 0 Å². The van der Waals surface area contributed by atoms with E-state index in [9.17, 15) is 0 Å². The Labute approximate surface area is 93.7 Å². The third-order valence-corrected chi connectivity index (χ3v) is 3.37. The van der Waals surface area contributed by atoms with Gasteiger partial charge in [0, 0.05) is 18.6 Å². The van der Waals surface area contributed by atoms with Gasteiger partial charge >= 0.3 is 0 Å². The Morgan fingerprint density at radius 2 is 2.13 bits per heavy atom. The minimum absolute atomic E-state index is 0.353. The van der Waals surface area contributed by atoms with Crippen molar-refractivity contribution < 1.29 is 4.74 Å². The standard InChI is InChI=1S/C12H26N2O/c1-9-10(6-8-15-9)11(14-13)5-7-12(2,3)4/h9-11,14H,5-8,13H2,1-4H3. The molecule has 3 heteroatoms. The second kappa shape index (κ2) is 5.28. The van der Waals surface area contributed by atoms with E-state index in [2.05, 4.69) is 33.1 Å². The molecule has 1 aliphatic heterocycles. The van der Waals surface area contributed by atoms with Crippen molar-refractivity contribution in [3.8, 4) is 0 Å². The van der Waals surface area contributed by atoms with Crippen LogP contribution in [-0.2, 0) is 4.74 Å². The van der Waals surface area contributed by atoms with Crippen LogP contribution < -0.4 is 11.3 Å². The molecule has 3 atom stereocenters. The number of hydrazine groups is 1. The molecule has 1 heterocycles. The molecule has 1 aliphatic rings. The molecule has 1 rings (SSSR count). The topological polar surface area (TPSA) is 47.3 Å². The molecule has 0 bridgehead atoms. The van der Waals surface area contributed by atoms with E-state index in [4.69, 9.17) is 10.6 Å². The Morgan fingerprint density at radius 3 is 2.53 bits per heavy atom. The highest BCUT2D eigenvalue weighted by Gasteiger charge is 2.31. The predicted molar refractivity (Wildman–Crippen MR) is 63.3 cm³/mol. The van der Waals surface area contributed by atoms with Crippen LogP contribution in [0.4, 0.5) is 0 Å². The molecule has 0 aromatic carbocycles. The van der Waals surface area contributed by atoms with Gasteiger partial charge in [0.1, 0.15) is 0 Å². The summed E-state index contributed by atoms with van der Waals surface area (Å²) < 4.78 is 5.58. The summed E-state index contributed by atoms with van der Waals surface area (Å²) in [5, 5.41) is 0. The molecule has 0 aromatic heterocycles. The maximum atomic E-state index is 5.64. The van der Waals surface area contributed by atoms with Crippen molar-refractivity contribution in [3.63, 3.8) is 0 Å². The first-order valence-corrected chi connectivity index (χ1v) is 6.02. The van der Waals surface area contributed by atoms with E-state index >= 15 is 0 Å². The molecule has 15 heavy (non-hydrogen) atoms. The van der Waals surface area contributed by atoms with E-state index in [0.717, 1.165) is 19.4 Å². The van der Waals surface area contributed by atoms with Crippen LogP contribution in [0.15, 0.2) is 0 Å². The van der Waals surface area contributed by atoms with Crippen LogP contribution in [-0.4, -0.2) is 18.8 Å². The van der Waals surface area contributed by atoms with Gasteiger partial charge in [0.2, 0.25) is 0 Å². The first-order chi connectivity index (χ1) is 6.94. The molecule has 0 radical (unpaired) electrons. The Balaban J connectivity index is 2.41. The molecule has 3 nitrogen and oxygen atoms in total. The van der Waals surface area contributed by atoms with Crippen molar-refractivity contribution in [3.05, 3.63) is 0 Å². The zero-order valence-corrected chi connectivity index (χ0v) is 10.5. The maximum absolute atomic E-state index is 5.64. The molecule has 3 unspecified atom stereocenters. The van der Waals surface area contributed by atoms with E-state index in [1.165, 1.54) is 6.42 Å². The highest BCUT2D eigenvalue weighted by Crippen LogP contribution is 2.29. The fourth-order valence-electron chi connectivity index (χ4n) is 2.29. The van der Waals surface area contributed by atoms with Crippen molar-refractivity contribution >= 4 is 0 Å². The fourth-order valence-corrected chi connectivity index (χ4v) is 2.29. The summed E-state index contributed by atoms with van der Waals surface area (Å²) in [7, 11) is 0. The van der Waals surface area contributed by atoms with Crippen LogP contribution in [0, 0.1) is 11.3 Å². The van der Waals surface area contributed by atoms with E-state index in [-0.39, 0.29) is 0 Å². The Kier molecular flexibility index (Phi) is 4.56. The van der Waals surface area contributed by atoms with Crippen molar-refractivity contribution in [2.24, 2.45) is 17.2 Å². The molecule has 0 amide bonds. The lowest BCUT2D eigenvalue weighted by Gasteiger charge is -2.28. The number of nitrogens with one attached hydrogen (secondary N) is 1. The summed E-state index contributed by atoms with van der Waals surface area (Å²) in [6, 6.07) is 0.404. The number of hydrogen-bond donors (Lipinski definition) is 2. The van der Waals surface area contributed by atoms with Crippen molar-refractivity contribution in [2.45, 2.75) is 59.1 Å². The summed E-state index contributed by atoms with van der Waals surface area (Å²) in [5.41, 5.74) is 3.35. The van der Waals surface area contributed by atoms with E-state index < -0.39 is 0 Å². The zero-order valence-electron chi connectivity index (χ0n) is 10.5. The van der Waals surface area contributed by atoms with Gasteiger partial charge in [-0.15, -0.1) is 0 Å². The smallest absolute Gasteiger partial charge is 0.0591 e. The van der Waals surface area contributed by atoms with Crippen LogP contribution in [0.1, 0.15) is 47.0 Å². The predicted octanol–water partition coefficient (Wildman–Crippen LogP) is 2.07. The minimum Gasteiger partial charge on any atom is -0.378 e. The minimum atomic E-state index is 0.353. The molecule has 0 aromatic rings. The summed E-state index contributed by atoms with van der Waals surface area (Å²) in [5.74, 6) is 6.22. The number of ether oxygens (including phenoxy) is 1. The van der Waals surface area contributed by atoms with Crippen molar-refractivity contribution in [1.29, 1.82) is 0 Å². The van der Waals surface area contributed by atoms with Crippen LogP contribution in [0.2, 0.25) is 0 Å². The summed E-state index contributed by atoms with van der Waals surface area (Å²) in [6.45, 7) is 9.86. The highest BCUT2D eigenvalue weighted by atomic mass is 16.5. The molecule has 3 N–H and O–H groups in total. The van der Waals surface area contributed by atoms with E-state index in [1.54, 1.807) is 0 Å². The highest BCUT2D eigenvalue weighted by molar-refractivity contribution is 4.84. The van der Waals surface area contributed by atoms with Crippen LogP contribution in [0.25, 0.3) is 0 Å². The van der Waals surface area contributed by atoms with Crippen molar-refractivity contribution in [1.82, 2.24) is 5.43 Å². The van der Waals surface area contributed by atoms with E-state index in [0.29, 0.717) is 23.5 Å². The number of nitrogens with two attached hydrogens (primary N) is 1. The van der Waals surface area contributed by atoms with Gasteiger partial charge in [-0.3, -0.25) is 11.3 Å². The Morgan fingerprint density at radius 1 is 1.47 bits per heavy atom. The lowest BCUT2D eigenvalue weighted by molar-refractivity contribution is 0.0925. The van der Waals surface area contributed by atoms with Crippen LogP contribution in [0.3, 0.4) is 0 Å². The van der Waals surface area contributed by atoms with Crippen molar-refractivity contribution in [2.75, 3.05) is 6.61 Å². The molecule has 0 aliphatic carbocycles. The Bertz CT molecular complexity index is 189.